The van der Waals surface area contributed by atoms with Crippen LogP contribution in [0.5, 0.6) is 11.5 Å². The van der Waals surface area contributed by atoms with Gasteiger partial charge in [-0.15, -0.1) is 0 Å². The maximum atomic E-state index is 15.1. The summed E-state index contributed by atoms with van der Waals surface area (Å²) in [5, 5.41) is 20.6. The molecular weight excluding hydrogens is 579 g/mol. The van der Waals surface area contributed by atoms with Crippen LogP contribution in [0.3, 0.4) is 0 Å². The number of carboxylic acid groups (broad SMARTS) is 1. The van der Waals surface area contributed by atoms with Crippen LogP contribution in [-0.4, -0.2) is 44.3 Å². The lowest BCUT2D eigenvalue weighted by molar-refractivity contribution is -0.385. The molecule has 1 N–H and O–H groups in total. The van der Waals surface area contributed by atoms with Gasteiger partial charge in [0.05, 0.1) is 22.1 Å². The molecule has 15 heteroatoms. The van der Waals surface area contributed by atoms with Gasteiger partial charge in [0, 0.05) is 17.2 Å². The minimum absolute atomic E-state index is 0.0809. The standard InChI is InChI=1S/C24H30ClFN2O9S2/c1-7-11-38(33,34)28(39(35,36)12-8-2)17-10-9-16(26)22(20(17)25)37-21-14(3)19(23(29)30)18(27(31)32)13-15(21)24(4,5)6/h9-10,13H,7-8,11-12H2,1-6H3,(H,29,30). The molecule has 0 saturated heterocycles. The number of halogens is 2. The van der Waals surface area contributed by atoms with Crippen molar-refractivity contribution in [2.45, 2.75) is 59.8 Å². The molecule has 0 atom stereocenters. The molecule has 0 spiro atoms. The number of ether oxygens (including phenoxy) is 1. The molecule has 0 aliphatic rings. The van der Waals surface area contributed by atoms with Gasteiger partial charge in [-0.2, -0.15) is 3.71 Å². The van der Waals surface area contributed by atoms with Crippen LogP contribution in [-0.2, 0) is 25.5 Å². The Morgan fingerprint density at radius 3 is 2.03 bits per heavy atom. The van der Waals surface area contributed by atoms with Gasteiger partial charge in [0.15, 0.2) is 11.6 Å². The molecule has 216 valence electrons. The third-order valence-corrected chi connectivity index (χ3v) is 10.6. The summed E-state index contributed by atoms with van der Waals surface area (Å²) in [4.78, 5) is 22.7. The number of carboxylic acids is 1. The Labute approximate surface area is 231 Å². The SMILES string of the molecule is CCCS(=O)(=O)N(c1ccc(F)c(Oc2c(C(C)(C)C)cc([N+](=O)[O-])c(C(=O)O)c2C)c1Cl)S(=O)(=O)CCC. The first kappa shape index (κ1) is 32.2. The summed E-state index contributed by atoms with van der Waals surface area (Å²) < 4.78 is 73.3. The number of hydrogen-bond acceptors (Lipinski definition) is 8. The highest BCUT2D eigenvalue weighted by Crippen LogP contribution is 2.46. The van der Waals surface area contributed by atoms with Crippen LogP contribution in [0.15, 0.2) is 18.2 Å². The minimum Gasteiger partial charge on any atom is -0.477 e. The fraction of sp³-hybridized carbons (Fsp3) is 0.458. The molecule has 0 unspecified atom stereocenters. The maximum absolute atomic E-state index is 15.1. The Balaban J connectivity index is 2.96. The minimum atomic E-state index is -4.47. The number of nitro benzene ring substituents is 1. The average molecular weight is 609 g/mol. The van der Waals surface area contributed by atoms with E-state index in [1.54, 1.807) is 20.8 Å². The Morgan fingerprint density at radius 2 is 1.62 bits per heavy atom. The second-order valence-electron chi connectivity index (χ2n) is 9.73. The van der Waals surface area contributed by atoms with Crippen LogP contribution in [0, 0.1) is 22.9 Å². The molecular formula is C24H30ClFN2O9S2. The second-order valence-corrected chi connectivity index (χ2v) is 14.2. The fourth-order valence-corrected chi connectivity index (χ4v) is 8.37. The van der Waals surface area contributed by atoms with Crippen LogP contribution in [0.2, 0.25) is 5.02 Å². The predicted molar refractivity (Wildman–Crippen MR) is 146 cm³/mol. The van der Waals surface area contributed by atoms with Gasteiger partial charge < -0.3 is 9.84 Å². The molecule has 11 nitrogen and oxygen atoms in total. The summed E-state index contributed by atoms with van der Waals surface area (Å²) in [5.41, 5.74) is -2.95. The summed E-state index contributed by atoms with van der Waals surface area (Å²) in [6.07, 6.45) is 0.162. The summed E-state index contributed by atoms with van der Waals surface area (Å²) in [6.45, 7) is 9.28. The number of aromatic carboxylic acids is 1. The Morgan fingerprint density at radius 1 is 1.10 bits per heavy atom. The maximum Gasteiger partial charge on any atom is 0.343 e. The van der Waals surface area contributed by atoms with Gasteiger partial charge in [0.25, 0.3) is 5.69 Å². The summed E-state index contributed by atoms with van der Waals surface area (Å²) in [7, 11) is -8.95. The molecule has 0 amide bonds. The lowest BCUT2D eigenvalue weighted by atomic mass is 9.83. The van der Waals surface area contributed by atoms with Gasteiger partial charge in [0.1, 0.15) is 16.3 Å². The van der Waals surface area contributed by atoms with E-state index in [4.69, 9.17) is 16.3 Å². The number of carbonyl (C=O) groups is 1. The van der Waals surface area contributed by atoms with E-state index in [0.717, 1.165) is 18.2 Å². The number of nitrogens with zero attached hydrogens (tertiary/aromatic N) is 2. The smallest absolute Gasteiger partial charge is 0.343 e. The molecule has 2 aromatic carbocycles. The third kappa shape index (κ3) is 6.61. The van der Waals surface area contributed by atoms with Crippen molar-refractivity contribution in [3.63, 3.8) is 0 Å². The van der Waals surface area contributed by atoms with Crippen LogP contribution in [0.1, 0.15) is 68.9 Å². The van der Waals surface area contributed by atoms with E-state index in [1.807, 2.05) is 0 Å². The zero-order valence-electron chi connectivity index (χ0n) is 22.2. The zero-order chi connectivity index (χ0) is 30.1. The molecule has 0 radical (unpaired) electrons. The monoisotopic (exact) mass is 608 g/mol. The fourth-order valence-electron chi connectivity index (χ4n) is 3.90. The molecule has 39 heavy (non-hydrogen) atoms. The molecule has 0 aliphatic heterocycles. The van der Waals surface area contributed by atoms with E-state index in [0.29, 0.717) is 0 Å². The lowest BCUT2D eigenvalue weighted by Crippen LogP contribution is -2.40. The molecule has 0 saturated carbocycles. The molecule has 2 rings (SSSR count). The molecule has 0 heterocycles. The summed E-state index contributed by atoms with van der Waals surface area (Å²) >= 11 is 6.41. The first-order valence-corrected chi connectivity index (χ1v) is 15.4. The van der Waals surface area contributed by atoms with Crippen LogP contribution < -0.4 is 8.45 Å². The Bertz CT molecular complexity index is 1480. The highest BCUT2D eigenvalue weighted by Gasteiger charge is 2.37. The van der Waals surface area contributed by atoms with E-state index in [-0.39, 0.29) is 33.4 Å². The molecule has 0 bridgehead atoms. The number of hydrogen-bond donors (Lipinski definition) is 1. The van der Waals surface area contributed by atoms with E-state index >= 15 is 4.39 Å². The number of benzene rings is 2. The van der Waals surface area contributed by atoms with Crippen molar-refractivity contribution in [2.24, 2.45) is 0 Å². The highest BCUT2D eigenvalue weighted by molar-refractivity contribution is 8.10. The predicted octanol–water partition coefficient (Wildman–Crippen LogP) is 5.77. The van der Waals surface area contributed by atoms with E-state index in [9.17, 15) is 36.9 Å². The van der Waals surface area contributed by atoms with Crippen LogP contribution >= 0.6 is 11.6 Å². The van der Waals surface area contributed by atoms with Crippen molar-refractivity contribution in [1.29, 1.82) is 0 Å². The van der Waals surface area contributed by atoms with Gasteiger partial charge in [-0.05, 0) is 37.3 Å². The zero-order valence-corrected chi connectivity index (χ0v) is 24.6. The van der Waals surface area contributed by atoms with Gasteiger partial charge in [0.2, 0.25) is 20.0 Å². The Hall–Kier alpha value is -2.97. The normalized spacial score (nSPS) is 12.3. The van der Waals surface area contributed by atoms with Crippen LogP contribution in [0.4, 0.5) is 15.8 Å². The summed E-state index contributed by atoms with van der Waals surface area (Å²) in [5.74, 6) is -4.88. The van der Waals surface area contributed by atoms with E-state index in [1.165, 1.54) is 20.8 Å². The average Bonchev–Trinajstić information content (AvgIpc) is 2.77. The highest BCUT2D eigenvalue weighted by atomic mass is 35.5. The first-order chi connectivity index (χ1) is 17.8. The van der Waals surface area contributed by atoms with Crippen LogP contribution in [0.25, 0.3) is 0 Å². The van der Waals surface area contributed by atoms with Gasteiger partial charge in [-0.25, -0.2) is 26.0 Å². The quantitative estimate of drug-likeness (QED) is 0.246. The number of nitro groups is 1. The van der Waals surface area contributed by atoms with Crippen molar-refractivity contribution in [2.75, 3.05) is 15.2 Å². The number of rotatable bonds is 11. The number of sulfonamides is 2. The van der Waals surface area contributed by atoms with Crippen molar-refractivity contribution in [3.8, 4) is 11.5 Å². The third-order valence-electron chi connectivity index (χ3n) is 5.57. The molecule has 0 fully saturated rings. The first-order valence-electron chi connectivity index (χ1n) is 11.8. The molecule has 0 aliphatic carbocycles. The summed E-state index contributed by atoms with van der Waals surface area (Å²) in [6, 6.07) is 2.66. The van der Waals surface area contributed by atoms with Crippen molar-refractivity contribution in [3.05, 3.63) is 55.8 Å². The topological polar surface area (TPSA) is 161 Å². The lowest BCUT2D eigenvalue weighted by Gasteiger charge is -2.27. The van der Waals surface area contributed by atoms with Crippen molar-refractivity contribution in [1.82, 2.24) is 0 Å². The van der Waals surface area contributed by atoms with Gasteiger partial charge in [-0.1, -0.05) is 46.2 Å². The van der Waals surface area contributed by atoms with Crippen molar-refractivity contribution < 1.29 is 40.8 Å². The largest absolute Gasteiger partial charge is 0.477 e. The molecule has 0 aromatic heterocycles. The van der Waals surface area contributed by atoms with Gasteiger partial charge in [-0.3, -0.25) is 10.1 Å². The van der Waals surface area contributed by atoms with Gasteiger partial charge >= 0.3 is 5.97 Å². The number of anilines is 1. The molecule has 2 aromatic rings. The second kappa shape index (κ2) is 11.6. The van der Waals surface area contributed by atoms with Crippen molar-refractivity contribution >= 4 is 49.0 Å². The Kier molecular flexibility index (Phi) is 9.62. The van der Waals surface area contributed by atoms with E-state index < -0.39 is 81.4 Å². The van der Waals surface area contributed by atoms with E-state index in [2.05, 4.69) is 0 Å².